The number of rotatable bonds is 10. The Balaban J connectivity index is 1.35. The lowest BCUT2D eigenvalue weighted by molar-refractivity contribution is -0.123. The van der Waals surface area contributed by atoms with Gasteiger partial charge in [0.25, 0.3) is 12.3 Å². The SMILES string of the molecule is Cn1nc(NS(C)(=O)=O)c2c(Cl)ccc(-c3cc(N)c(Cl)nc3[C@H](Cc3cc(F)cc(F)c3)NC(=O)Cn3nc(C(F)F)c4c3C(F)(F)[C@@H]3C[C@H]43)c21. The molecule has 5 aromatic rings. The topological polar surface area (TPSA) is 150 Å². The summed E-state index contributed by atoms with van der Waals surface area (Å²) in [4.78, 5) is 18.1. The summed E-state index contributed by atoms with van der Waals surface area (Å²) in [5.74, 6) is -8.40. The number of hydrogen-bond acceptors (Lipinski definition) is 7. The van der Waals surface area contributed by atoms with Crippen LogP contribution in [0.3, 0.4) is 0 Å². The third-order valence-electron chi connectivity index (χ3n) is 9.03. The molecule has 1 amide bonds. The van der Waals surface area contributed by atoms with Gasteiger partial charge in [-0.2, -0.15) is 19.0 Å². The van der Waals surface area contributed by atoms with Gasteiger partial charge in [-0.15, -0.1) is 0 Å². The molecule has 0 aliphatic heterocycles. The minimum Gasteiger partial charge on any atom is -0.396 e. The predicted molar refractivity (Wildman–Crippen MR) is 180 cm³/mol. The van der Waals surface area contributed by atoms with Crippen LogP contribution in [0.25, 0.3) is 22.0 Å². The van der Waals surface area contributed by atoms with E-state index in [1.54, 1.807) is 0 Å². The van der Waals surface area contributed by atoms with Crippen molar-refractivity contribution in [3.05, 3.63) is 86.4 Å². The standard InChI is InChI=1S/C32H26Cl2F6N8O3S/c1-47-27-15(3-4-19(33)24(27)31(45-47)46-52(2,50)51)16-10-20(41)29(34)43-25(16)21(7-12-5-13(35)8-14(36)6-12)42-22(49)11-48-28-23(26(44-48)30(37)38)17-9-18(17)32(28,39)40/h3-6,8,10,17-18,21,30H,7,9,11,41H2,1-2H3,(H,42,49)(H,45,46)/t17-,18+,21-/m0/s1. The molecule has 20 heteroatoms. The third-order valence-corrected chi connectivity index (χ3v) is 10.2. The van der Waals surface area contributed by atoms with E-state index in [1.807, 2.05) is 0 Å². The minimum atomic E-state index is -3.82. The maximum Gasteiger partial charge on any atom is 0.293 e. The van der Waals surface area contributed by atoms with Crippen molar-refractivity contribution in [2.24, 2.45) is 13.0 Å². The molecular weight excluding hydrogens is 761 g/mol. The number of halogens is 8. The number of anilines is 2. The second-order valence-corrected chi connectivity index (χ2v) is 15.3. The molecule has 7 rings (SSSR count). The van der Waals surface area contributed by atoms with Gasteiger partial charge in [0.05, 0.1) is 39.6 Å². The Labute approximate surface area is 301 Å². The smallest absolute Gasteiger partial charge is 0.293 e. The van der Waals surface area contributed by atoms with E-state index in [2.05, 4.69) is 25.2 Å². The van der Waals surface area contributed by atoms with Crippen LogP contribution in [0, 0.1) is 17.6 Å². The van der Waals surface area contributed by atoms with E-state index in [0.717, 1.165) is 18.4 Å². The van der Waals surface area contributed by atoms with Gasteiger partial charge in [0.15, 0.2) is 11.0 Å². The number of carbonyl (C=O) groups excluding carboxylic acids is 1. The summed E-state index contributed by atoms with van der Waals surface area (Å²) in [7, 11) is -2.31. The number of nitrogens with one attached hydrogen (secondary N) is 2. The molecule has 3 atom stereocenters. The number of amides is 1. The first-order valence-electron chi connectivity index (χ1n) is 15.4. The van der Waals surface area contributed by atoms with E-state index in [4.69, 9.17) is 28.9 Å². The molecule has 2 aliphatic rings. The van der Waals surface area contributed by atoms with Crippen molar-refractivity contribution in [2.45, 2.75) is 43.7 Å². The summed E-state index contributed by atoms with van der Waals surface area (Å²) < 4.78 is 116. The van der Waals surface area contributed by atoms with Gasteiger partial charge in [-0.3, -0.25) is 18.9 Å². The first-order valence-corrected chi connectivity index (χ1v) is 18.1. The molecule has 1 saturated carbocycles. The molecule has 274 valence electrons. The van der Waals surface area contributed by atoms with Gasteiger partial charge in [-0.25, -0.2) is 31.0 Å². The molecule has 4 N–H and O–H groups in total. The summed E-state index contributed by atoms with van der Waals surface area (Å²) in [5.41, 5.74) is 5.09. The Bertz CT molecular complexity index is 2400. The summed E-state index contributed by atoms with van der Waals surface area (Å²) in [5, 5.41) is 10.7. The Morgan fingerprint density at radius 1 is 1.08 bits per heavy atom. The van der Waals surface area contributed by atoms with Gasteiger partial charge in [0.1, 0.15) is 29.6 Å². The van der Waals surface area contributed by atoms with Crippen molar-refractivity contribution in [1.82, 2.24) is 29.9 Å². The molecule has 0 bridgehead atoms. The molecule has 11 nitrogen and oxygen atoms in total. The molecule has 3 aromatic heterocycles. The molecule has 2 aromatic carbocycles. The average molecular weight is 788 g/mol. The minimum absolute atomic E-state index is 0.0230. The number of carbonyl (C=O) groups is 1. The van der Waals surface area contributed by atoms with Crippen molar-refractivity contribution >= 4 is 61.5 Å². The lowest BCUT2D eigenvalue weighted by Gasteiger charge is -2.23. The lowest BCUT2D eigenvalue weighted by atomic mass is 9.94. The van der Waals surface area contributed by atoms with Gasteiger partial charge in [-0.05, 0) is 48.6 Å². The highest BCUT2D eigenvalue weighted by Crippen LogP contribution is 2.68. The molecule has 1 fully saturated rings. The van der Waals surface area contributed by atoms with Crippen molar-refractivity contribution in [1.29, 1.82) is 0 Å². The number of hydrogen-bond donors (Lipinski definition) is 3. The molecule has 2 aliphatic carbocycles. The van der Waals surface area contributed by atoms with Crippen molar-refractivity contribution in [3.8, 4) is 11.1 Å². The number of aryl methyl sites for hydroxylation is 1. The van der Waals surface area contributed by atoms with Crippen LogP contribution in [0.15, 0.2) is 36.4 Å². The van der Waals surface area contributed by atoms with Crippen LogP contribution in [-0.2, 0) is 40.8 Å². The zero-order chi connectivity index (χ0) is 37.6. The fourth-order valence-corrected chi connectivity index (χ4v) is 7.86. The zero-order valence-electron chi connectivity index (χ0n) is 26.9. The van der Waals surface area contributed by atoms with Gasteiger partial charge in [-0.1, -0.05) is 29.3 Å². The fraction of sp³-hybridized carbons (Fsp3) is 0.312. The van der Waals surface area contributed by atoms with Crippen LogP contribution in [0.5, 0.6) is 0 Å². The maximum absolute atomic E-state index is 15.3. The molecular formula is C32H26Cl2F6N8O3S. The lowest BCUT2D eigenvalue weighted by Crippen LogP contribution is -2.35. The Hall–Kier alpha value is -4.55. The van der Waals surface area contributed by atoms with Gasteiger partial charge in [0, 0.05) is 35.7 Å². The first-order chi connectivity index (χ1) is 24.3. The van der Waals surface area contributed by atoms with Crippen molar-refractivity contribution < 1.29 is 39.6 Å². The summed E-state index contributed by atoms with van der Waals surface area (Å²) in [6.45, 7) is -0.913. The molecule has 0 spiro atoms. The second-order valence-electron chi connectivity index (χ2n) is 12.7. The quantitative estimate of drug-likeness (QED) is 0.106. The number of nitrogen functional groups attached to an aromatic ring is 1. The highest BCUT2D eigenvalue weighted by atomic mass is 35.5. The largest absolute Gasteiger partial charge is 0.396 e. The number of pyridine rings is 1. The maximum atomic E-state index is 15.3. The predicted octanol–water partition coefficient (Wildman–Crippen LogP) is 6.62. The van der Waals surface area contributed by atoms with Gasteiger partial charge < -0.3 is 11.1 Å². The average Bonchev–Trinajstić information content (AvgIpc) is 3.57. The highest BCUT2D eigenvalue weighted by molar-refractivity contribution is 7.92. The molecule has 52 heavy (non-hydrogen) atoms. The number of alkyl halides is 4. The first kappa shape index (κ1) is 35.8. The molecule has 0 saturated heterocycles. The Kier molecular flexibility index (Phi) is 8.65. The fourth-order valence-electron chi connectivity index (χ4n) is 6.98. The number of nitrogens with two attached hydrogens (primary N) is 1. The van der Waals surface area contributed by atoms with E-state index < -0.39 is 75.7 Å². The Morgan fingerprint density at radius 2 is 1.77 bits per heavy atom. The van der Waals surface area contributed by atoms with Crippen molar-refractivity contribution in [3.63, 3.8) is 0 Å². The summed E-state index contributed by atoms with van der Waals surface area (Å²) in [6.07, 6.45) is -2.56. The molecule has 0 unspecified atom stereocenters. The van der Waals surface area contributed by atoms with Crippen LogP contribution in [0.2, 0.25) is 10.2 Å². The van der Waals surface area contributed by atoms with Crippen molar-refractivity contribution in [2.75, 3.05) is 16.7 Å². The normalized spacial score (nSPS) is 18.1. The highest BCUT2D eigenvalue weighted by Gasteiger charge is 2.67. The summed E-state index contributed by atoms with van der Waals surface area (Å²) >= 11 is 12.9. The van der Waals surface area contributed by atoms with Gasteiger partial charge >= 0.3 is 0 Å². The van der Waals surface area contributed by atoms with E-state index in [0.29, 0.717) is 16.3 Å². The van der Waals surface area contributed by atoms with Crippen LogP contribution in [-0.4, -0.2) is 45.1 Å². The van der Waals surface area contributed by atoms with E-state index >= 15 is 8.78 Å². The van der Waals surface area contributed by atoms with E-state index in [-0.39, 0.29) is 67.8 Å². The number of fused-ring (bicyclic) bond motifs is 4. The number of sulfonamides is 1. The second kappa shape index (κ2) is 12.5. The summed E-state index contributed by atoms with van der Waals surface area (Å²) in [6, 6.07) is 5.72. The molecule has 3 heterocycles. The molecule has 0 radical (unpaired) electrons. The van der Waals surface area contributed by atoms with E-state index in [9.17, 15) is 30.8 Å². The van der Waals surface area contributed by atoms with Crippen LogP contribution >= 0.6 is 23.2 Å². The monoisotopic (exact) mass is 786 g/mol. The third kappa shape index (κ3) is 6.29. The van der Waals surface area contributed by atoms with Gasteiger partial charge in [0.2, 0.25) is 15.9 Å². The van der Waals surface area contributed by atoms with Crippen LogP contribution in [0.4, 0.5) is 37.8 Å². The number of nitrogens with zero attached hydrogens (tertiary/aromatic N) is 5. The number of benzene rings is 2. The Morgan fingerprint density at radius 3 is 2.42 bits per heavy atom. The van der Waals surface area contributed by atoms with Crippen LogP contribution in [0.1, 0.15) is 53.0 Å². The number of aromatic nitrogens is 5. The van der Waals surface area contributed by atoms with Crippen LogP contribution < -0.4 is 15.8 Å². The zero-order valence-corrected chi connectivity index (χ0v) is 29.2. The van der Waals surface area contributed by atoms with E-state index in [1.165, 1.54) is 29.9 Å².